The second-order valence-corrected chi connectivity index (χ2v) is 6.28. The van der Waals surface area contributed by atoms with Gasteiger partial charge in [-0.05, 0) is 38.4 Å². The van der Waals surface area contributed by atoms with Crippen LogP contribution in [0.4, 0.5) is 0 Å². The molecule has 0 aliphatic rings. The fraction of sp³-hybridized carbons (Fsp3) is 0.471. The van der Waals surface area contributed by atoms with Crippen LogP contribution in [0.2, 0.25) is 0 Å². The lowest BCUT2D eigenvalue weighted by Crippen LogP contribution is -2.13. The maximum atomic E-state index is 5.81. The average Bonchev–Trinajstić information content (AvgIpc) is 2.89. The minimum atomic E-state index is 0.550. The highest BCUT2D eigenvalue weighted by molar-refractivity contribution is 7.11. The SMILES string of the molecule is CCCNCc1sc(COc2ccc(C)cc2)nc1CC. The Balaban J connectivity index is 1.95. The van der Waals surface area contributed by atoms with E-state index in [1.807, 2.05) is 12.1 Å². The van der Waals surface area contributed by atoms with Crippen molar-refractivity contribution in [3.8, 4) is 5.75 Å². The highest BCUT2D eigenvalue weighted by atomic mass is 32.1. The second-order valence-electron chi connectivity index (χ2n) is 5.11. The van der Waals surface area contributed by atoms with Crippen LogP contribution in [0.25, 0.3) is 0 Å². The lowest BCUT2D eigenvalue weighted by molar-refractivity contribution is 0.305. The van der Waals surface area contributed by atoms with Gasteiger partial charge < -0.3 is 10.1 Å². The van der Waals surface area contributed by atoms with Crippen LogP contribution < -0.4 is 10.1 Å². The molecule has 21 heavy (non-hydrogen) atoms. The quantitative estimate of drug-likeness (QED) is 0.746. The second kappa shape index (κ2) is 8.15. The Kier molecular flexibility index (Phi) is 6.21. The molecule has 0 aliphatic heterocycles. The summed E-state index contributed by atoms with van der Waals surface area (Å²) in [5.41, 5.74) is 2.44. The molecule has 2 rings (SSSR count). The zero-order valence-corrected chi connectivity index (χ0v) is 13.9. The standard InChI is InChI=1S/C17H24N2OS/c1-4-10-18-11-16-15(5-2)19-17(21-16)12-20-14-8-6-13(3)7-9-14/h6-9,18H,4-5,10-12H2,1-3H3. The van der Waals surface area contributed by atoms with Crippen molar-refractivity contribution in [3.63, 3.8) is 0 Å². The van der Waals surface area contributed by atoms with Gasteiger partial charge in [0.15, 0.2) is 0 Å². The number of thiazole rings is 1. The van der Waals surface area contributed by atoms with Gasteiger partial charge in [0.1, 0.15) is 17.4 Å². The zero-order chi connectivity index (χ0) is 15.1. The molecule has 0 unspecified atom stereocenters. The molecule has 1 aromatic heterocycles. The van der Waals surface area contributed by atoms with Crippen LogP contribution in [0, 0.1) is 6.92 Å². The van der Waals surface area contributed by atoms with Crippen molar-refractivity contribution in [2.24, 2.45) is 0 Å². The number of nitrogens with zero attached hydrogens (tertiary/aromatic N) is 1. The van der Waals surface area contributed by atoms with E-state index < -0.39 is 0 Å². The molecule has 0 spiro atoms. The molecule has 3 nitrogen and oxygen atoms in total. The number of benzene rings is 1. The number of nitrogens with one attached hydrogen (secondary N) is 1. The first-order valence-corrected chi connectivity index (χ1v) is 8.42. The van der Waals surface area contributed by atoms with Gasteiger partial charge in [0.2, 0.25) is 0 Å². The Morgan fingerprint density at radius 1 is 1.19 bits per heavy atom. The van der Waals surface area contributed by atoms with Crippen LogP contribution in [-0.2, 0) is 19.6 Å². The average molecular weight is 304 g/mol. The van der Waals surface area contributed by atoms with Crippen LogP contribution >= 0.6 is 11.3 Å². The van der Waals surface area contributed by atoms with E-state index in [1.54, 1.807) is 11.3 Å². The lowest BCUT2D eigenvalue weighted by Gasteiger charge is -2.03. The molecule has 0 saturated heterocycles. The van der Waals surface area contributed by atoms with Gasteiger partial charge in [-0.25, -0.2) is 4.98 Å². The molecule has 1 aromatic carbocycles. The number of hydrogen-bond donors (Lipinski definition) is 1. The Bertz CT molecular complexity index is 548. The van der Waals surface area contributed by atoms with Gasteiger partial charge in [-0.1, -0.05) is 31.5 Å². The molecular formula is C17H24N2OS. The molecule has 114 valence electrons. The summed E-state index contributed by atoms with van der Waals surface area (Å²) in [6.45, 7) is 8.93. The molecule has 0 atom stereocenters. The van der Waals surface area contributed by atoms with Crippen LogP contribution in [-0.4, -0.2) is 11.5 Å². The monoisotopic (exact) mass is 304 g/mol. The molecule has 0 amide bonds. The smallest absolute Gasteiger partial charge is 0.140 e. The van der Waals surface area contributed by atoms with E-state index in [0.717, 1.165) is 36.7 Å². The summed E-state index contributed by atoms with van der Waals surface area (Å²) in [4.78, 5) is 6.03. The molecule has 0 fully saturated rings. The largest absolute Gasteiger partial charge is 0.486 e. The number of ether oxygens (including phenoxy) is 1. The van der Waals surface area contributed by atoms with Crippen molar-refractivity contribution in [2.45, 2.75) is 46.8 Å². The Labute approximate surface area is 131 Å². The fourth-order valence-corrected chi connectivity index (χ4v) is 3.11. The van der Waals surface area contributed by atoms with Crippen molar-refractivity contribution in [3.05, 3.63) is 45.4 Å². The Morgan fingerprint density at radius 3 is 2.62 bits per heavy atom. The maximum Gasteiger partial charge on any atom is 0.140 e. The van der Waals surface area contributed by atoms with E-state index in [-0.39, 0.29) is 0 Å². The normalized spacial score (nSPS) is 10.8. The zero-order valence-electron chi connectivity index (χ0n) is 13.1. The van der Waals surface area contributed by atoms with Crippen molar-refractivity contribution in [1.29, 1.82) is 0 Å². The highest BCUT2D eigenvalue weighted by Crippen LogP contribution is 2.21. The predicted octanol–water partition coefficient (Wildman–Crippen LogP) is 4.09. The summed E-state index contributed by atoms with van der Waals surface area (Å²) >= 11 is 1.76. The number of aryl methyl sites for hydroxylation is 2. The molecule has 0 saturated carbocycles. The van der Waals surface area contributed by atoms with E-state index in [1.165, 1.54) is 16.1 Å². The minimum Gasteiger partial charge on any atom is -0.486 e. The first kappa shape index (κ1) is 16.0. The predicted molar refractivity (Wildman–Crippen MR) is 89.0 cm³/mol. The molecule has 1 N–H and O–H groups in total. The van der Waals surface area contributed by atoms with Crippen LogP contribution in [0.1, 0.15) is 41.4 Å². The lowest BCUT2D eigenvalue weighted by atomic mass is 10.2. The van der Waals surface area contributed by atoms with Crippen molar-refractivity contribution < 1.29 is 4.74 Å². The van der Waals surface area contributed by atoms with Crippen LogP contribution in [0.5, 0.6) is 5.75 Å². The summed E-state index contributed by atoms with van der Waals surface area (Å²) in [6.07, 6.45) is 2.13. The van der Waals surface area contributed by atoms with E-state index in [9.17, 15) is 0 Å². The Hall–Kier alpha value is -1.39. The molecule has 0 radical (unpaired) electrons. The number of aromatic nitrogens is 1. The summed E-state index contributed by atoms with van der Waals surface area (Å²) in [6, 6.07) is 8.14. The van der Waals surface area contributed by atoms with Crippen molar-refractivity contribution in [1.82, 2.24) is 10.3 Å². The van der Waals surface area contributed by atoms with Crippen LogP contribution in [0.3, 0.4) is 0 Å². The van der Waals surface area contributed by atoms with E-state index in [4.69, 9.17) is 9.72 Å². The topological polar surface area (TPSA) is 34.1 Å². The first-order valence-electron chi connectivity index (χ1n) is 7.60. The van der Waals surface area contributed by atoms with Gasteiger partial charge in [0, 0.05) is 11.4 Å². The molecule has 0 bridgehead atoms. The van der Waals surface area contributed by atoms with Crippen molar-refractivity contribution in [2.75, 3.05) is 6.54 Å². The summed E-state index contributed by atoms with van der Waals surface area (Å²) < 4.78 is 5.81. The van der Waals surface area contributed by atoms with Gasteiger partial charge >= 0.3 is 0 Å². The van der Waals surface area contributed by atoms with E-state index >= 15 is 0 Å². The number of hydrogen-bond acceptors (Lipinski definition) is 4. The molecule has 2 aromatic rings. The van der Waals surface area contributed by atoms with Gasteiger partial charge in [0.25, 0.3) is 0 Å². The summed E-state index contributed by atoms with van der Waals surface area (Å²) in [5.74, 6) is 0.902. The van der Waals surface area contributed by atoms with Crippen molar-refractivity contribution >= 4 is 11.3 Å². The highest BCUT2D eigenvalue weighted by Gasteiger charge is 2.10. The van der Waals surface area contributed by atoms with Crippen LogP contribution in [0.15, 0.2) is 24.3 Å². The third-order valence-electron chi connectivity index (χ3n) is 3.25. The third kappa shape index (κ3) is 4.83. The van der Waals surface area contributed by atoms with Gasteiger partial charge in [-0.3, -0.25) is 0 Å². The fourth-order valence-electron chi connectivity index (χ4n) is 2.07. The van der Waals surface area contributed by atoms with E-state index in [2.05, 4.69) is 38.2 Å². The third-order valence-corrected chi connectivity index (χ3v) is 4.32. The molecule has 4 heteroatoms. The molecule has 0 aliphatic carbocycles. The Morgan fingerprint density at radius 2 is 1.95 bits per heavy atom. The molecule has 1 heterocycles. The molecular weight excluding hydrogens is 280 g/mol. The number of rotatable bonds is 8. The van der Waals surface area contributed by atoms with Gasteiger partial charge in [0.05, 0.1) is 5.69 Å². The first-order chi connectivity index (χ1) is 10.2. The van der Waals surface area contributed by atoms with E-state index in [0.29, 0.717) is 6.61 Å². The van der Waals surface area contributed by atoms with Gasteiger partial charge in [-0.15, -0.1) is 11.3 Å². The summed E-state index contributed by atoms with van der Waals surface area (Å²) in [5, 5.41) is 4.51. The van der Waals surface area contributed by atoms with Gasteiger partial charge in [-0.2, -0.15) is 0 Å². The summed E-state index contributed by atoms with van der Waals surface area (Å²) in [7, 11) is 0. The minimum absolute atomic E-state index is 0.550. The maximum absolute atomic E-state index is 5.81.